The van der Waals surface area contributed by atoms with Gasteiger partial charge in [-0.05, 0) is 44.9 Å². The van der Waals surface area contributed by atoms with E-state index in [4.69, 9.17) is 24.3 Å². The summed E-state index contributed by atoms with van der Waals surface area (Å²) < 4.78 is 33.2. The summed E-state index contributed by atoms with van der Waals surface area (Å²) in [6.07, 6.45) is 37.7. The van der Waals surface area contributed by atoms with E-state index in [0.717, 1.165) is 38.5 Å². The molecule has 3 N–H and O–H groups in total. The molecule has 0 rings (SSSR count). The van der Waals surface area contributed by atoms with Crippen LogP contribution in [0.15, 0.2) is 24.3 Å². The second-order valence-electron chi connectivity index (χ2n) is 12.8. The number of phosphoric ester groups is 1. The largest absolute Gasteiger partial charge is 0.472 e. The van der Waals surface area contributed by atoms with Crippen LogP contribution < -0.4 is 5.73 Å². The molecule has 0 saturated heterocycles. The predicted molar refractivity (Wildman–Crippen MR) is 197 cm³/mol. The van der Waals surface area contributed by atoms with Crippen molar-refractivity contribution in [3.8, 4) is 0 Å². The second kappa shape index (κ2) is 36.3. The van der Waals surface area contributed by atoms with E-state index in [1.165, 1.54) is 116 Å². The number of phosphoric acid groups is 1. The quantitative estimate of drug-likeness (QED) is 0.0287. The van der Waals surface area contributed by atoms with E-state index in [9.17, 15) is 14.3 Å². The summed E-state index contributed by atoms with van der Waals surface area (Å²) in [5, 5.41) is 0. The summed E-state index contributed by atoms with van der Waals surface area (Å²) in [4.78, 5) is 22.3. The van der Waals surface area contributed by atoms with Crippen molar-refractivity contribution < 1.29 is 32.8 Å². The summed E-state index contributed by atoms with van der Waals surface area (Å²) >= 11 is 0. The van der Waals surface area contributed by atoms with Gasteiger partial charge in [0.1, 0.15) is 6.10 Å². The molecule has 0 bridgehead atoms. The zero-order chi connectivity index (χ0) is 34.5. The molecule has 278 valence electrons. The van der Waals surface area contributed by atoms with E-state index < -0.39 is 13.9 Å². The molecule has 0 saturated carbocycles. The fourth-order valence-electron chi connectivity index (χ4n) is 5.26. The Bertz CT molecular complexity index is 777. The van der Waals surface area contributed by atoms with Crippen LogP contribution in [0, 0.1) is 0 Å². The number of hydrogen-bond acceptors (Lipinski definition) is 7. The van der Waals surface area contributed by atoms with E-state index >= 15 is 0 Å². The average Bonchev–Trinajstić information content (AvgIpc) is 3.06. The Hall–Kier alpha value is -1.02. The third-order valence-corrected chi connectivity index (χ3v) is 9.11. The van der Waals surface area contributed by atoms with Crippen molar-refractivity contribution in [1.29, 1.82) is 0 Å². The molecule has 0 spiro atoms. The summed E-state index contributed by atoms with van der Waals surface area (Å²) in [7, 11) is -4.26. The number of allylic oxidation sites excluding steroid dienone is 4. The minimum Gasteiger partial charge on any atom is -0.457 e. The van der Waals surface area contributed by atoms with Crippen molar-refractivity contribution in [2.45, 2.75) is 180 Å². The smallest absolute Gasteiger partial charge is 0.457 e. The third-order valence-electron chi connectivity index (χ3n) is 8.12. The Morgan fingerprint density at radius 3 is 1.70 bits per heavy atom. The van der Waals surface area contributed by atoms with Gasteiger partial charge in [0.15, 0.2) is 0 Å². The Labute approximate surface area is 289 Å². The molecule has 47 heavy (non-hydrogen) atoms. The normalized spacial score (nSPS) is 13.9. The van der Waals surface area contributed by atoms with Gasteiger partial charge in [-0.25, -0.2) is 4.57 Å². The lowest BCUT2D eigenvalue weighted by Crippen LogP contribution is -2.28. The van der Waals surface area contributed by atoms with Gasteiger partial charge in [0.2, 0.25) is 0 Å². The van der Waals surface area contributed by atoms with Gasteiger partial charge in [-0.2, -0.15) is 0 Å². The van der Waals surface area contributed by atoms with E-state index in [1.54, 1.807) is 0 Å². The van der Waals surface area contributed by atoms with Gasteiger partial charge in [-0.3, -0.25) is 13.8 Å². The summed E-state index contributed by atoms with van der Waals surface area (Å²) in [6, 6.07) is 0. The highest BCUT2D eigenvalue weighted by Crippen LogP contribution is 2.43. The maximum Gasteiger partial charge on any atom is 0.472 e. The molecule has 0 radical (unpaired) electrons. The molecule has 2 atom stereocenters. The Kier molecular flexibility index (Phi) is 35.5. The molecule has 0 aromatic rings. The molecule has 0 heterocycles. The number of rotatable bonds is 37. The molecule has 0 aromatic heterocycles. The lowest BCUT2D eigenvalue weighted by atomic mass is 10.1. The zero-order valence-electron chi connectivity index (χ0n) is 30.5. The summed E-state index contributed by atoms with van der Waals surface area (Å²) in [5.74, 6) is -0.336. The van der Waals surface area contributed by atoms with Gasteiger partial charge >= 0.3 is 13.8 Å². The highest BCUT2D eigenvalue weighted by atomic mass is 31.2. The Morgan fingerprint density at radius 2 is 1.13 bits per heavy atom. The van der Waals surface area contributed by atoms with Crippen molar-refractivity contribution in [3.63, 3.8) is 0 Å². The molecule has 8 nitrogen and oxygen atoms in total. The lowest BCUT2D eigenvalue weighted by Gasteiger charge is -2.20. The average molecular weight is 688 g/mol. The number of ether oxygens (including phenoxy) is 2. The van der Waals surface area contributed by atoms with E-state index in [2.05, 4.69) is 38.2 Å². The minimum absolute atomic E-state index is 0.0945. The zero-order valence-corrected chi connectivity index (χ0v) is 31.4. The number of hydrogen-bond donors (Lipinski definition) is 2. The number of esters is 1. The predicted octanol–water partition coefficient (Wildman–Crippen LogP) is 10.9. The molecule has 0 aliphatic carbocycles. The van der Waals surface area contributed by atoms with Crippen LogP contribution in [0.2, 0.25) is 0 Å². The van der Waals surface area contributed by atoms with Gasteiger partial charge in [-0.1, -0.05) is 147 Å². The van der Waals surface area contributed by atoms with Crippen molar-refractivity contribution in [2.75, 3.05) is 33.0 Å². The number of carbonyl (C=O) groups excluding carboxylic acids is 1. The summed E-state index contributed by atoms with van der Waals surface area (Å²) in [6.45, 7) is 4.86. The van der Waals surface area contributed by atoms with Crippen LogP contribution in [0.5, 0.6) is 0 Å². The van der Waals surface area contributed by atoms with Gasteiger partial charge in [0.05, 0.1) is 19.8 Å². The molecule has 9 heteroatoms. The van der Waals surface area contributed by atoms with E-state index in [1.807, 2.05) is 0 Å². The second-order valence-corrected chi connectivity index (χ2v) is 14.2. The SMILES string of the molecule is CCCCC/C=C\C/C=C\CCCCCCCCCCCCOCC(COP(=O)(O)OCCN)OC(=O)CCCCCCCCCC. The number of nitrogens with two attached hydrogens (primary N) is 1. The fraction of sp³-hybridized carbons (Fsp3) is 0.868. The van der Waals surface area contributed by atoms with Crippen LogP contribution in [-0.2, 0) is 27.9 Å². The van der Waals surface area contributed by atoms with Crippen molar-refractivity contribution in [3.05, 3.63) is 24.3 Å². The first-order chi connectivity index (χ1) is 22.9. The van der Waals surface area contributed by atoms with Crippen molar-refractivity contribution in [2.24, 2.45) is 5.73 Å². The molecule has 0 amide bonds. The molecule has 0 fully saturated rings. The van der Waals surface area contributed by atoms with Gasteiger partial charge in [0.25, 0.3) is 0 Å². The third kappa shape index (κ3) is 36.1. The minimum atomic E-state index is -4.26. The van der Waals surface area contributed by atoms with Crippen molar-refractivity contribution >= 4 is 13.8 Å². The van der Waals surface area contributed by atoms with Crippen LogP contribution in [0.1, 0.15) is 174 Å². The summed E-state index contributed by atoms with van der Waals surface area (Å²) in [5.41, 5.74) is 5.34. The van der Waals surface area contributed by atoms with Gasteiger partial charge in [-0.15, -0.1) is 0 Å². The van der Waals surface area contributed by atoms with Crippen molar-refractivity contribution in [1.82, 2.24) is 0 Å². The highest BCUT2D eigenvalue weighted by molar-refractivity contribution is 7.47. The number of carbonyl (C=O) groups is 1. The fourth-order valence-corrected chi connectivity index (χ4v) is 6.03. The molecular weight excluding hydrogens is 613 g/mol. The molecule has 2 unspecified atom stereocenters. The van der Waals surface area contributed by atoms with Crippen LogP contribution >= 0.6 is 7.82 Å². The van der Waals surface area contributed by atoms with Gasteiger partial charge < -0.3 is 20.1 Å². The topological polar surface area (TPSA) is 117 Å². The number of unbranched alkanes of at least 4 members (excludes halogenated alkanes) is 20. The van der Waals surface area contributed by atoms with Gasteiger partial charge in [0, 0.05) is 19.6 Å². The first kappa shape index (κ1) is 46.0. The maximum atomic E-state index is 12.4. The molecule has 0 aliphatic rings. The first-order valence-electron chi connectivity index (χ1n) is 19.3. The van der Waals surface area contributed by atoms with Crippen LogP contribution in [-0.4, -0.2) is 49.9 Å². The molecule has 0 aromatic carbocycles. The standard InChI is InChI=1S/C38H74NO7P/c1-3-5-7-9-11-13-14-15-16-17-18-19-20-21-22-23-24-26-28-30-33-43-35-37(36-45-47(41,42)44-34-32-39)46-38(40)31-29-27-25-12-10-8-6-4-2/h11,13,15-16,37H,3-10,12,14,17-36,39H2,1-2H3,(H,41,42)/b13-11-,16-15-. The molecular formula is C38H74NO7P. The van der Waals surface area contributed by atoms with Crippen LogP contribution in [0.4, 0.5) is 0 Å². The van der Waals surface area contributed by atoms with Crippen LogP contribution in [0.3, 0.4) is 0 Å². The van der Waals surface area contributed by atoms with E-state index in [-0.39, 0.29) is 32.3 Å². The van der Waals surface area contributed by atoms with Crippen LogP contribution in [0.25, 0.3) is 0 Å². The Balaban J connectivity index is 3.95. The monoisotopic (exact) mass is 688 g/mol. The first-order valence-corrected chi connectivity index (χ1v) is 20.8. The Morgan fingerprint density at radius 1 is 0.638 bits per heavy atom. The molecule has 0 aliphatic heterocycles. The highest BCUT2D eigenvalue weighted by Gasteiger charge is 2.25. The lowest BCUT2D eigenvalue weighted by molar-refractivity contribution is -0.154. The van der Waals surface area contributed by atoms with E-state index in [0.29, 0.717) is 13.0 Å². The maximum absolute atomic E-state index is 12.4.